The lowest BCUT2D eigenvalue weighted by atomic mass is 9.52. The average molecular weight is 395 g/mol. The minimum atomic E-state index is -2.08. The molecule has 0 aromatic heterocycles. The summed E-state index contributed by atoms with van der Waals surface area (Å²) in [6.45, 7) is 0.735. The third kappa shape index (κ3) is 2.59. The number of nitrogens with two attached hydrogens (primary N) is 1. The second kappa shape index (κ2) is 6.74. The third-order valence-corrected chi connectivity index (χ3v) is 6.18. The summed E-state index contributed by atoms with van der Waals surface area (Å²) in [5.41, 5.74) is -2.13. The van der Waals surface area contributed by atoms with E-state index in [-0.39, 0.29) is 17.7 Å². The van der Waals surface area contributed by atoms with E-state index in [0.29, 0.717) is 25.2 Å². The Hall–Kier alpha value is -3.12. The molecule has 29 heavy (non-hydrogen) atoms. The third-order valence-electron chi connectivity index (χ3n) is 6.18. The van der Waals surface area contributed by atoms with Gasteiger partial charge >= 0.3 is 0 Å². The van der Waals surface area contributed by atoms with Gasteiger partial charge in [0.2, 0.25) is 11.1 Å². The quantitative estimate of drug-likeness (QED) is 0.724. The molecule has 2 aliphatic carbocycles. The molecule has 4 rings (SSSR count). The van der Waals surface area contributed by atoms with Crippen LogP contribution in [0.5, 0.6) is 0 Å². The molecule has 6 nitrogen and oxygen atoms in total. The zero-order valence-electron chi connectivity index (χ0n) is 15.4. The van der Waals surface area contributed by atoms with E-state index in [1.54, 1.807) is 6.08 Å². The monoisotopic (exact) mass is 395 g/mol. The largest absolute Gasteiger partial charge is 0.347 e. The van der Waals surface area contributed by atoms with Crippen molar-refractivity contribution in [2.75, 3.05) is 13.2 Å². The Balaban J connectivity index is 1.99. The van der Waals surface area contributed by atoms with Gasteiger partial charge in [-0.2, -0.15) is 15.8 Å². The summed E-state index contributed by atoms with van der Waals surface area (Å²) in [7, 11) is 0. The summed E-state index contributed by atoms with van der Waals surface area (Å²) in [5, 5.41) is 35.8. The van der Waals surface area contributed by atoms with Gasteiger partial charge in [-0.3, -0.25) is 5.41 Å². The van der Waals surface area contributed by atoms with Gasteiger partial charge in [-0.15, -0.1) is 0 Å². The fraction of sp³-hybridized carbons (Fsp3) is 0.429. The molecule has 0 amide bonds. The Labute approximate surface area is 166 Å². The molecule has 3 atom stereocenters. The molecule has 1 aliphatic heterocycles. The Morgan fingerprint density at radius 2 is 1.69 bits per heavy atom. The number of benzene rings is 1. The Morgan fingerprint density at radius 1 is 1.07 bits per heavy atom. The number of hydrogen-bond acceptors (Lipinski definition) is 5. The van der Waals surface area contributed by atoms with Crippen molar-refractivity contribution in [1.82, 2.24) is 0 Å². The fourth-order valence-electron chi connectivity index (χ4n) is 4.89. The second-order valence-electron chi connectivity index (χ2n) is 7.49. The fourth-order valence-corrected chi connectivity index (χ4v) is 4.89. The molecule has 2 N–H and O–H groups in total. The van der Waals surface area contributed by atoms with E-state index >= 15 is 0 Å². The lowest BCUT2D eigenvalue weighted by Gasteiger charge is -2.47. The number of rotatable bonds is 1. The number of nitriles is 3. The molecule has 0 unspecified atom stereocenters. The van der Waals surface area contributed by atoms with Crippen molar-refractivity contribution >= 4 is 5.71 Å². The molecule has 1 aromatic rings. The number of nitrogens with zero attached hydrogens (tertiary/aromatic N) is 3. The first-order valence-electron chi connectivity index (χ1n) is 9.19. The molecule has 1 saturated carbocycles. The van der Waals surface area contributed by atoms with Crippen molar-refractivity contribution in [1.29, 1.82) is 15.8 Å². The highest BCUT2D eigenvalue weighted by Gasteiger charge is 2.63. The van der Waals surface area contributed by atoms with Gasteiger partial charge in [0.25, 0.3) is 0 Å². The van der Waals surface area contributed by atoms with Crippen molar-refractivity contribution in [3.05, 3.63) is 47.0 Å². The van der Waals surface area contributed by atoms with Crippen LogP contribution in [0, 0.1) is 62.9 Å². The number of ether oxygens (including phenoxy) is 2. The smallest absolute Gasteiger partial charge is 0.231 e. The van der Waals surface area contributed by atoms with Crippen LogP contribution in [0.3, 0.4) is 0 Å². The maximum atomic E-state index is 14.8. The number of halogens is 2. The normalized spacial score (nSPS) is 29.3. The van der Waals surface area contributed by atoms with E-state index in [1.807, 2.05) is 12.1 Å². The predicted molar refractivity (Wildman–Crippen MR) is 94.2 cm³/mol. The van der Waals surface area contributed by atoms with E-state index in [2.05, 4.69) is 6.07 Å². The van der Waals surface area contributed by atoms with E-state index in [9.17, 15) is 24.6 Å². The van der Waals surface area contributed by atoms with Crippen LogP contribution < -0.4 is 5.41 Å². The molecule has 0 radical (unpaired) electrons. The first-order chi connectivity index (χ1) is 13.9. The Kier molecular flexibility index (Phi) is 4.46. The highest BCUT2D eigenvalue weighted by Crippen LogP contribution is 2.57. The molecule has 0 bridgehead atoms. The molecule has 2 fully saturated rings. The van der Waals surface area contributed by atoms with Crippen LogP contribution in [0.15, 0.2) is 29.8 Å². The minimum Gasteiger partial charge on any atom is -0.347 e. The van der Waals surface area contributed by atoms with E-state index in [0.717, 1.165) is 12.1 Å². The van der Waals surface area contributed by atoms with Crippen LogP contribution in [0.4, 0.5) is 8.78 Å². The summed E-state index contributed by atoms with van der Waals surface area (Å²) in [4.78, 5) is 0. The summed E-state index contributed by atoms with van der Waals surface area (Å²) in [5.74, 6) is -5.74. The zero-order valence-corrected chi connectivity index (χ0v) is 15.4. The van der Waals surface area contributed by atoms with Gasteiger partial charge in [-0.1, -0.05) is 12.1 Å². The molecule has 1 aromatic carbocycles. The maximum Gasteiger partial charge on any atom is 0.231 e. The highest BCUT2D eigenvalue weighted by molar-refractivity contribution is 5.98. The van der Waals surface area contributed by atoms with Gasteiger partial charge in [0.05, 0.1) is 31.4 Å². The molecule has 1 saturated heterocycles. The maximum absolute atomic E-state index is 14.8. The van der Waals surface area contributed by atoms with Crippen molar-refractivity contribution in [2.24, 2.45) is 17.3 Å². The molecule has 1 spiro atoms. The van der Waals surface area contributed by atoms with Crippen LogP contribution in [-0.2, 0) is 9.47 Å². The van der Waals surface area contributed by atoms with E-state index in [1.165, 1.54) is 6.07 Å². The first-order valence-corrected chi connectivity index (χ1v) is 9.19. The topological polar surface area (TPSA) is 115 Å². The minimum absolute atomic E-state index is 0.161. The number of fused-ring (bicyclic) bond motifs is 1. The van der Waals surface area contributed by atoms with Gasteiger partial charge in [0.15, 0.2) is 5.79 Å². The lowest BCUT2D eigenvalue weighted by Crippen LogP contribution is -2.62. The van der Waals surface area contributed by atoms with Crippen molar-refractivity contribution in [3.63, 3.8) is 0 Å². The van der Waals surface area contributed by atoms with E-state index in [4.69, 9.17) is 14.9 Å². The van der Waals surface area contributed by atoms with Gasteiger partial charge in [-0.25, -0.2) is 8.78 Å². The Bertz CT molecular complexity index is 1010. The van der Waals surface area contributed by atoms with Crippen LogP contribution in [0.2, 0.25) is 0 Å². The van der Waals surface area contributed by atoms with Gasteiger partial charge in [0, 0.05) is 24.3 Å². The van der Waals surface area contributed by atoms with Crippen molar-refractivity contribution in [3.8, 4) is 18.2 Å². The van der Waals surface area contributed by atoms with Gasteiger partial charge in [0.1, 0.15) is 17.6 Å². The van der Waals surface area contributed by atoms with Crippen LogP contribution in [0.1, 0.15) is 24.3 Å². The molecular weight excluding hydrogens is 378 g/mol. The summed E-state index contributed by atoms with van der Waals surface area (Å²) in [6, 6.07) is 9.18. The van der Waals surface area contributed by atoms with Gasteiger partial charge < -0.3 is 9.47 Å². The van der Waals surface area contributed by atoms with Crippen molar-refractivity contribution in [2.45, 2.75) is 24.5 Å². The molecule has 1 heterocycles. The standard InChI is InChI=1S/C21H16F2N4O2/c22-15-2-1-3-16(23)17(15)18-13-8-21(28-6-7-29-21)5-4-12(13)14(9-24)19(27)20(18,10-25)11-26/h1-4,13-14,18,27H,5-8H2/p+1/t13-,14+,18-/m0/s1. The summed E-state index contributed by atoms with van der Waals surface area (Å²) >= 11 is 0. The molecular formula is C21H17F2N4O2+. The lowest BCUT2D eigenvalue weighted by molar-refractivity contribution is -0.174. The molecule has 3 aliphatic rings. The van der Waals surface area contributed by atoms with Crippen LogP contribution in [-0.4, -0.2) is 24.7 Å². The Morgan fingerprint density at radius 3 is 2.24 bits per heavy atom. The predicted octanol–water partition coefficient (Wildman–Crippen LogP) is 1.51. The summed E-state index contributed by atoms with van der Waals surface area (Å²) in [6.07, 6.45) is 2.25. The van der Waals surface area contributed by atoms with E-state index < -0.39 is 40.6 Å². The van der Waals surface area contributed by atoms with Crippen LogP contribution >= 0.6 is 0 Å². The highest BCUT2D eigenvalue weighted by atomic mass is 19.1. The number of allylic oxidation sites excluding steroid dienone is 1. The second-order valence-corrected chi connectivity index (χ2v) is 7.49. The first kappa shape index (κ1) is 19.2. The number of hydrogen-bond donors (Lipinski definition) is 1. The molecule has 146 valence electrons. The van der Waals surface area contributed by atoms with Crippen LogP contribution in [0.25, 0.3) is 0 Å². The average Bonchev–Trinajstić information content (AvgIpc) is 3.16. The van der Waals surface area contributed by atoms with Crippen molar-refractivity contribution < 1.29 is 23.7 Å². The SMILES string of the molecule is N#C[C@H]1C(=[NH2+])C(C#N)(C#N)[C@H](c2c(F)cccc2F)[C@H]2CC3(CC=C12)OCCO3. The van der Waals surface area contributed by atoms with Gasteiger partial charge in [-0.05, 0) is 23.6 Å². The zero-order chi connectivity index (χ0) is 20.8. The summed E-state index contributed by atoms with van der Waals surface area (Å²) < 4.78 is 41.2. The molecule has 8 heteroatoms.